The SMILES string of the molecule is CN=C(NCCCc1ccccc1Cl)NC1CCN(c2ccccn2)CC1. The molecule has 0 radical (unpaired) electrons. The van der Waals surface area contributed by atoms with Crippen LogP contribution in [-0.4, -0.2) is 43.7 Å². The molecular formula is C21H28ClN5. The standard InChI is InChI=1S/C21H28ClN5/c1-23-21(25-14-6-8-17-7-2-3-9-19(17)22)26-18-11-15-27(16-12-18)20-10-4-5-13-24-20/h2-5,7,9-10,13,18H,6,8,11-12,14-16H2,1H3,(H2,23,25,26). The highest BCUT2D eigenvalue weighted by molar-refractivity contribution is 6.31. The van der Waals surface area contributed by atoms with Crippen molar-refractivity contribution in [3.8, 4) is 0 Å². The number of anilines is 1. The number of pyridine rings is 1. The molecule has 1 aromatic carbocycles. The lowest BCUT2D eigenvalue weighted by molar-refractivity contribution is 0.459. The van der Waals surface area contributed by atoms with E-state index in [1.54, 1.807) is 0 Å². The number of hydrogen-bond acceptors (Lipinski definition) is 3. The van der Waals surface area contributed by atoms with Crippen LogP contribution in [0.25, 0.3) is 0 Å². The summed E-state index contributed by atoms with van der Waals surface area (Å²) in [5, 5.41) is 7.82. The van der Waals surface area contributed by atoms with Gasteiger partial charge in [0.1, 0.15) is 5.82 Å². The third-order valence-electron chi connectivity index (χ3n) is 4.91. The first-order valence-corrected chi connectivity index (χ1v) is 10.0. The molecule has 1 aromatic heterocycles. The summed E-state index contributed by atoms with van der Waals surface area (Å²) in [6.07, 6.45) is 6.00. The summed E-state index contributed by atoms with van der Waals surface area (Å²) in [5.74, 6) is 1.95. The van der Waals surface area contributed by atoms with Crippen LogP contribution < -0.4 is 15.5 Å². The predicted octanol–water partition coefficient (Wildman–Crippen LogP) is 3.50. The lowest BCUT2D eigenvalue weighted by Gasteiger charge is -2.33. The number of benzene rings is 1. The van der Waals surface area contributed by atoms with Crippen molar-refractivity contribution >= 4 is 23.4 Å². The maximum atomic E-state index is 6.21. The number of nitrogens with one attached hydrogen (secondary N) is 2. The lowest BCUT2D eigenvalue weighted by atomic mass is 10.1. The van der Waals surface area contributed by atoms with Crippen molar-refractivity contribution in [2.75, 3.05) is 31.6 Å². The fourth-order valence-corrected chi connectivity index (χ4v) is 3.60. The number of hydrogen-bond donors (Lipinski definition) is 2. The lowest BCUT2D eigenvalue weighted by Crippen LogP contribution is -2.49. The number of nitrogens with zero attached hydrogens (tertiary/aromatic N) is 3. The molecule has 0 bridgehead atoms. The zero-order valence-corrected chi connectivity index (χ0v) is 16.6. The van der Waals surface area contributed by atoms with Crippen LogP contribution in [0, 0.1) is 0 Å². The first-order valence-electron chi connectivity index (χ1n) is 9.63. The third-order valence-corrected chi connectivity index (χ3v) is 5.27. The molecule has 2 N–H and O–H groups in total. The van der Waals surface area contributed by atoms with Gasteiger partial charge in [0.25, 0.3) is 0 Å². The van der Waals surface area contributed by atoms with Crippen molar-refractivity contribution in [2.45, 2.75) is 31.7 Å². The van der Waals surface area contributed by atoms with Gasteiger partial charge in [-0.25, -0.2) is 4.98 Å². The molecule has 0 spiro atoms. The number of halogens is 1. The normalized spacial score (nSPS) is 15.6. The molecule has 3 rings (SSSR count). The van der Waals surface area contributed by atoms with E-state index < -0.39 is 0 Å². The minimum absolute atomic E-state index is 0.444. The van der Waals surface area contributed by atoms with Crippen LogP contribution in [0.1, 0.15) is 24.8 Å². The van der Waals surface area contributed by atoms with Gasteiger partial charge in [-0.15, -0.1) is 0 Å². The van der Waals surface area contributed by atoms with Crippen molar-refractivity contribution in [2.24, 2.45) is 4.99 Å². The summed E-state index contributed by atoms with van der Waals surface area (Å²) in [6, 6.07) is 14.6. The molecule has 6 heteroatoms. The van der Waals surface area contributed by atoms with Gasteiger partial charge in [0, 0.05) is 43.9 Å². The van der Waals surface area contributed by atoms with E-state index in [1.165, 1.54) is 5.56 Å². The van der Waals surface area contributed by atoms with E-state index in [2.05, 4.69) is 37.6 Å². The molecule has 0 atom stereocenters. The summed E-state index contributed by atoms with van der Waals surface area (Å²) < 4.78 is 0. The van der Waals surface area contributed by atoms with Crippen molar-refractivity contribution in [1.29, 1.82) is 0 Å². The second kappa shape index (κ2) is 10.2. The van der Waals surface area contributed by atoms with Gasteiger partial charge in [0.15, 0.2) is 5.96 Å². The van der Waals surface area contributed by atoms with Crippen molar-refractivity contribution in [3.63, 3.8) is 0 Å². The molecule has 144 valence electrons. The quantitative estimate of drug-likeness (QED) is 0.454. The maximum absolute atomic E-state index is 6.21. The number of aromatic nitrogens is 1. The summed E-state index contributed by atoms with van der Waals surface area (Å²) >= 11 is 6.21. The highest BCUT2D eigenvalue weighted by Crippen LogP contribution is 2.17. The van der Waals surface area contributed by atoms with Crippen LogP contribution >= 0.6 is 11.6 Å². The molecule has 0 unspecified atom stereocenters. The zero-order valence-electron chi connectivity index (χ0n) is 15.9. The smallest absolute Gasteiger partial charge is 0.191 e. The number of guanidine groups is 1. The van der Waals surface area contributed by atoms with E-state index in [0.717, 1.165) is 62.1 Å². The third kappa shape index (κ3) is 5.86. The van der Waals surface area contributed by atoms with Crippen LogP contribution in [0.3, 0.4) is 0 Å². The second-order valence-electron chi connectivity index (χ2n) is 6.79. The largest absolute Gasteiger partial charge is 0.356 e. The van der Waals surface area contributed by atoms with Gasteiger partial charge in [-0.1, -0.05) is 35.9 Å². The van der Waals surface area contributed by atoms with Gasteiger partial charge in [-0.2, -0.15) is 0 Å². The van der Waals surface area contributed by atoms with Gasteiger partial charge >= 0.3 is 0 Å². The molecule has 0 aliphatic carbocycles. The Morgan fingerprint density at radius 3 is 2.67 bits per heavy atom. The molecule has 0 saturated carbocycles. The van der Waals surface area contributed by atoms with Crippen LogP contribution in [-0.2, 0) is 6.42 Å². The monoisotopic (exact) mass is 385 g/mol. The van der Waals surface area contributed by atoms with Gasteiger partial charge in [0.05, 0.1) is 0 Å². The second-order valence-corrected chi connectivity index (χ2v) is 7.19. The molecule has 1 aliphatic rings. The molecular weight excluding hydrogens is 358 g/mol. The molecule has 0 amide bonds. The summed E-state index contributed by atoms with van der Waals surface area (Å²) in [7, 11) is 1.83. The first-order chi connectivity index (χ1) is 13.3. The molecule has 1 fully saturated rings. The summed E-state index contributed by atoms with van der Waals surface area (Å²) in [6.45, 7) is 2.90. The van der Waals surface area contributed by atoms with Gasteiger partial charge in [-0.3, -0.25) is 4.99 Å². The topological polar surface area (TPSA) is 52.6 Å². The zero-order chi connectivity index (χ0) is 18.9. The number of piperidine rings is 1. The van der Waals surface area contributed by atoms with Crippen LogP contribution in [0.15, 0.2) is 53.7 Å². The van der Waals surface area contributed by atoms with Crippen molar-refractivity contribution in [3.05, 3.63) is 59.2 Å². The Hall–Kier alpha value is -2.27. The Labute approximate surface area is 166 Å². The van der Waals surface area contributed by atoms with E-state index in [1.807, 2.05) is 43.6 Å². The van der Waals surface area contributed by atoms with Crippen LogP contribution in [0.4, 0.5) is 5.82 Å². The van der Waals surface area contributed by atoms with E-state index >= 15 is 0 Å². The fourth-order valence-electron chi connectivity index (χ4n) is 3.37. The van der Waals surface area contributed by atoms with Crippen LogP contribution in [0.5, 0.6) is 0 Å². The average Bonchev–Trinajstić information content (AvgIpc) is 2.72. The highest BCUT2D eigenvalue weighted by Gasteiger charge is 2.20. The van der Waals surface area contributed by atoms with E-state index in [0.29, 0.717) is 6.04 Å². The van der Waals surface area contributed by atoms with Crippen molar-refractivity contribution < 1.29 is 0 Å². The van der Waals surface area contributed by atoms with E-state index in [4.69, 9.17) is 11.6 Å². The van der Waals surface area contributed by atoms with Gasteiger partial charge in [-0.05, 0) is 49.4 Å². The fraction of sp³-hybridized carbons (Fsp3) is 0.429. The molecule has 1 aliphatic heterocycles. The summed E-state index contributed by atoms with van der Waals surface area (Å²) in [4.78, 5) is 11.2. The molecule has 27 heavy (non-hydrogen) atoms. The summed E-state index contributed by atoms with van der Waals surface area (Å²) in [5.41, 5.74) is 1.20. The van der Waals surface area contributed by atoms with E-state index in [9.17, 15) is 0 Å². The first kappa shape index (κ1) is 19.5. The van der Waals surface area contributed by atoms with Gasteiger partial charge in [0.2, 0.25) is 0 Å². The average molecular weight is 386 g/mol. The molecule has 2 heterocycles. The molecule has 2 aromatic rings. The Morgan fingerprint density at radius 1 is 1.19 bits per heavy atom. The van der Waals surface area contributed by atoms with Crippen LogP contribution in [0.2, 0.25) is 5.02 Å². The van der Waals surface area contributed by atoms with Gasteiger partial charge < -0.3 is 15.5 Å². The Balaban J connectivity index is 1.37. The number of aryl methyl sites for hydroxylation is 1. The highest BCUT2D eigenvalue weighted by atomic mass is 35.5. The minimum Gasteiger partial charge on any atom is -0.356 e. The Morgan fingerprint density at radius 2 is 1.96 bits per heavy atom. The number of rotatable bonds is 6. The Kier molecular flexibility index (Phi) is 7.34. The minimum atomic E-state index is 0.444. The molecule has 1 saturated heterocycles. The van der Waals surface area contributed by atoms with Crippen molar-refractivity contribution in [1.82, 2.24) is 15.6 Å². The maximum Gasteiger partial charge on any atom is 0.191 e. The predicted molar refractivity (Wildman–Crippen MR) is 114 cm³/mol. The molecule has 5 nitrogen and oxygen atoms in total. The number of aliphatic imine (C=N–C) groups is 1. The Bertz CT molecular complexity index is 726. The van der Waals surface area contributed by atoms with E-state index in [-0.39, 0.29) is 0 Å².